The van der Waals surface area contributed by atoms with E-state index in [1.165, 1.54) is 0 Å². The third kappa shape index (κ3) is 5.85. The Morgan fingerprint density at radius 2 is 1.45 bits per heavy atom. The molecule has 0 saturated heterocycles. The van der Waals surface area contributed by atoms with Crippen molar-refractivity contribution in [2.45, 2.75) is 19.6 Å². The van der Waals surface area contributed by atoms with E-state index in [4.69, 9.17) is 10.5 Å². The van der Waals surface area contributed by atoms with Gasteiger partial charge in [0.15, 0.2) is 0 Å². The number of carbonyl (C=O) groups is 2. The van der Waals surface area contributed by atoms with E-state index in [0.717, 1.165) is 33.2 Å². The number of rotatable bonds is 9. The molecule has 6 heteroatoms. The van der Waals surface area contributed by atoms with E-state index in [9.17, 15) is 14.9 Å². The quantitative estimate of drug-likeness (QED) is 0.183. The van der Waals surface area contributed by atoms with Gasteiger partial charge in [-0.15, -0.1) is 0 Å². The summed E-state index contributed by atoms with van der Waals surface area (Å²) >= 11 is 0. The van der Waals surface area contributed by atoms with Crippen LogP contribution >= 0.6 is 0 Å². The average molecular weight is 576 g/mol. The molecule has 0 radical (unpaired) electrons. The second-order valence-corrected chi connectivity index (χ2v) is 10.6. The van der Waals surface area contributed by atoms with E-state index in [-0.39, 0.29) is 18.6 Å². The predicted molar refractivity (Wildman–Crippen MR) is 171 cm³/mol. The minimum absolute atomic E-state index is 0.0848. The number of fused-ring (bicyclic) bond motifs is 1. The molecule has 6 nitrogen and oxygen atoms in total. The fourth-order valence-electron chi connectivity index (χ4n) is 5.63. The predicted octanol–water partition coefficient (Wildman–Crippen LogP) is 7.27. The van der Waals surface area contributed by atoms with Gasteiger partial charge >= 0.3 is 5.97 Å². The van der Waals surface area contributed by atoms with Gasteiger partial charge < -0.3 is 15.0 Å². The molecule has 0 spiro atoms. The van der Waals surface area contributed by atoms with E-state index in [1.807, 2.05) is 97.2 Å². The molecule has 0 aliphatic heterocycles. The number of primary amides is 1. The second kappa shape index (κ2) is 12.5. The third-order valence-electron chi connectivity index (χ3n) is 7.74. The van der Waals surface area contributed by atoms with E-state index in [0.29, 0.717) is 28.8 Å². The standard InChI is InChI=1S/C38H29N3O3/c39-22-28-16-17-31-30(24-41(35(31)20-28)23-26-10-4-1-5-11-26)21-34-33(37(40)42)19-18-32(29-14-8-3-9-15-29)36(34)38(43)44-25-27-12-6-2-7-13-27/h1-20,24H,21,23,25H2,(H2,40,42). The molecule has 0 saturated carbocycles. The monoisotopic (exact) mass is 575 g/mol. The zero-order valence-electron chi connectivity index (χ0n) is 23.9. The summed E-state index contributed by atoms with van der Waals surface area (Å²) in [6, 6.07) is 40.3. The van der Waals surface area contributed by atoms with Crippen LogP contribution in [0.25, 0.3) is 22.0 Å². The smallest absolute Gasteiger partial charge is 0.339 e. The fraction of sp³-hybridized carbons (Fsp3) is 0.0789. The number of aromatic nitrogens is 1. The van der Waals surface area contributed by atoms with Crippen molar-refractivity contribution in [3.8, 4) is 17.2 Å². The maximum atomic E-state index is 14.0. The normalized spacial score (nSPS) is 10.8. The van der Waals surface area contributed by atoms with Gasteiger partial charge in [-0.1, -0.05) is 103 Å². The van der Waals surface area contributed by atoms with Crippen molar-refractivity contribution in [2.24, 2.45) is 5.73 Å². The zero-order chi connectivity index (χ0) is 30.5. The van der Waals surface area contributed by atoms with Crippen molar-refractivity contribution in [3.05, 3.63) is 166 Å². The molecular weight excluding hydrogens is 546 g/mol. The first-order valence-corrected chi connectivity index (χ1v) is 14.3. The lowest BCUT2D eigenvalue weighted by atomic mass is 9.88. The Morgan fingerprint density at radius 1 is 0.795 bits per heavy atom. The van der Waals surface area contributed by atoms with Crippen molar-refractivity contribution >= 4 is 22.8 Å². The van der Waals surface area contributed by atoms with Crippen LogP contribution in [0.2, 0.25) is 0 Å². The molecule has 0 aliphatic rings. The van der Waals surface area contributed by atoms with Crippen molar-refractivity contribution in [2.75, 3.05) is 0 Å². The van der Waals surface area contributed by atoms with Crippen molar-refractivity contribution in [3.63, 3.8) is 0 Å². The molecule has 1 aromatic heterocycles. The van der Waals surface area contributed by atoms with Gasteiger partial charge in [0.25, 0.3) is 0 Å². The summed E-state index contributed by atoms with van der Waals surface area (Å²) in [7, 11) is 0. The fourth-order valence-corrected chi connectivity index (χ4v) is 5.63. The number of hydrogen-bond donors (Lipinski definition) is 1. The number of hydrogen-bond acceptors (Lipinski definition) is 4. The molecule has 0 aliphatic carbocycles. The molecule has 0 atom stereocenters. The first-order chi connectivity index (χ1) is 21.5. The van der Waals surface area contributed by atoms with Crippen LogP contribution in [-0.2, 0) is 24.3 Å². The highest BCUT2D eigenvalue weighted by Crippen LogP contribution is 2.34. The summed E-state index contributed by atoms with van der Waals surface area (Å²) in [6.45, 7) is 0.673. The number of carbonyl (C=O) groups excluding carboxylic acids is 2. The molecule has 1 amide bonds. The maximum Gasteiger partial charge on any atom is 0.339 e. The molecule has 6 rings (SSSR count). The number of nitrogens with two attached hydrogens (primary N) is 1. The lowest BCUT2D eigenvalue weighted by Crippen LogP contribution is -2.19. The largest absolute Gasteiger partial charge is 0.457 e. The number of amides is 1. The van der Waals surface area contributed by atoms with E-state index < -0.39 is 11.9 Å². The second-order valence-electron chi connectivity index (χ2n) is 10.6. The van der Waals surface area contributed by atoms with Crippen LogP contribution in [0.1, 0.15) is 48.5 Å². The molecule has 6 aromatic rings. The Balaban J connectivity index is 1.50. The topological polar surface area (TPSA) is 98.1 Å². The van der Waals surface area contributed by atoms with Crippen molar-refractivity contribution in [1.82, 2.24) is 4.57 Å². The summed E-state index contributed by atoms with van der Waals surface area (Å²) in [5, 5.41) is 10.5. The Hall–Kier alpha value is -5.93. The first kappa shape index (κ1) is 28.2. The SMILES string of the molecule is N#Cc1ccc2c(Cc3c(C(N)=O)ccc(-c4ccccc4)c3C(=O)OCc3ccccc3)cn(Cc3ccccc3)c2c1. The Labute approximate surface area is 255 Å². The molecule has 0 bridgehead atoms. The molecule has 5 aromatic carbocycles. The Morgan fingerprint density at radius 3 is 2.11 bits per heavy atom. The van der Waals surface area contributed by atoms with E-state index in [1.54, 1.807) is 18.2 Å². The number of benzene rings is 5. The van der Waals surface area contributed by atoms with E-state index >= 15 is 0 Å². The summed E-state index contributed by atoms with van der Waals surface area (Å²) in [6.07, 6.45) is 2.27. The van der Waals surface area contributed by atoms with Gasteiger partial charge in [0.2, 0.25) is 5.91 Å². The lowest BCUT2D eigenvalue weighted by molar-refractivity contribution is 0.0472. The maximum absolute atomic E-state index is 14.0. The van der Waals surface area contributed by atoms with Gasteiger partial charge in [0.1, 0.15) is 6.61 Å². The average Bonchev–Trinajstić information content (AvgIpc) is 3.40. The van der Waals surface area contributed by atoms with Gasteiger partial charge in [-0.2, -0.15) is 5.26 Å². The molecule has 0 fully saturated rings. The first-order valence-electron chi connectivity index (χ1n) is 14.3. The third-order valence-corrected chi connectivity index (χ3v) is 7.74. The van der Waals surface area contributed by atoms with Crippen LogP contribution in [0, 0.1) is 11.3 Å². The molecule has 1 heterocycles. The van der Waals surface area contributed by atoms with Crippen LogP contribution in [0.4, 0.5) is 0 Å². The number of ether oxygens (including phenoxy) is 1. The molecule has 0 unspecified atom stereocenters. The van der Waals surface area contributed by atoms with Crippen molar-refractivity contribution in [1.29, 1.82) is 5.26 Å². The zero-order valence-corrected chi connectivity index (χ0v) is 23.9. The highest BCUT2D eigenvalue weighted by molar-refractivity contribution is 6.04. The van der Waals surface area contributed by atoms with E-state index in [2.05, 4.69) is 22.8 Å². The van der Waals surface area contributed by atoms with Gasteiger partial charge in [-0.05, 0) is 51.6 Å². The van der Waals surface area contributed by atoms with Crippen molar-refractivity contribution < 1.29 is 14.3 Å². The summed E-state index contributed by atoms with van der Waals surface area (Å²) in [5.74, 6) is -1.16. The number of esters is 1. The summed E-state index contributed by atoms with van der Waals surface area (Å²) < 4.78 is 7.96. The Bertz CT molecular complexity index is 2010. The van der Waals surface area contributed by atoms with Crippen LogP contribution in [0.3, 0.4) is 0 Å². The molecule has 44 heavy (non-hydrogen) atoms. The number of nitrogens with zero attached hydrogens (tertiary/aromatic N) is 2. The summed E-state index contributed by atoms with van der Waals surface area (Å²) in [5.41, 5.74) is 12.7. The van der Waals surface area contributed by atoms with Gasteiger partial charge in [-0.3, -0.25) is 4.79 Å². The summed E-state index contributed by atoms with van der Waals surface area (Å²) in [4.78, 5) is 26.8. The van der Waals surface area contributed by atoms with Crippen LogP contribution in [-0.4, -0.2) is 16.4 Å². The molecule has 2 N–H and O–H groups in total. The van der Waals surface area contributed by atoms with Crippen LogP contribution in [0.5, 0.6) is 0 Å². The van der Waals surface area contributed by atoms with Gasteiger partial charge in [0.05, 0.1) is 17.2 Å². The van der Waals surface area contributed by atoms with Crippen LogP contribution < -0.4 is 5.73 Å². The number of nitriles is 1. The Kier molecular flexibility index (Phi) is 8.02. The minimum atomic E-state index is -0.628. The highest BCUT2D eigenvalue weighted by atomic mass is 16.5. The molecular formula is C38H29N3O3. The highest BCUT2D eigenvalue weighted by Gasteiger charge is 2.25. The lowest BCUT2D eigenvalue weighted by Gasteiger charge is -2.17. The van der Waals surface area contributed by atoms with Gasteiger partial charge in [0, 0.05) is 35.6 Å². The minimum Gasteiger partial charge on any atom is -0.457 e. The van der Waals surface area contributed by atoms with Gasteiger partial charge in [-0.25, -0.2) is 4.79 Å². The molecule has 214 valence electrons. The van der Waals surface area contributed by atoms with Crippen LogP contribution in [0.15, 0.2) is 128 Å².